The fourth-order valence-corrected chi connectivity index (χ4v) is 6.73. The molecule has 3 aliphatic rings. The lowest BCUT2D eigenvalue weighted by molar-refractivity contribution is -0.132. The van der Waals surface area contributed by atoms with Gasteiger partial charge >= 0.3 is 6.03 Å². The zero-order valence-electron chi connectivity index (χ0n) is 20.1. The average molecular weight is 497 g/mol. The number of imide groups is 1. The second-order valence-electron chi connectivity index (χ2n) is 9.93. The van der Waals surface area contributed by atoms with E-state index >= 15 is 0 Å². The number of carbonyl (C=O) groups is 2. The Balaban J connectivity index is 1.18. The van der Waals surface area contributed by atoms with Crippen LogP contribution in [0.4, 0.5) is 4.79 Å². The maximum Gasteiger partial charge on any atom is 0.326 e. The predicted octanol–water partition coefficient (Wildman–Crippen LogP) is 2.38. The third kappa shape index (κ3) is 4.72. The van der Waals surface area contributed by atoms with Gasteiger partial charge in [-0.25, -0.2) is 18.1 Å². The largest absolute Gasteiger partial charge is 0.326 e. The number of nitrogens with zero attached hydrogens (tertiary/aromatic N) is 3. The number of hydrogen-bond acceptors (Lipinski definition) is 5. The minimum Gasteiger partial charge on any atom is -0.323 e. The summed E-state index contributed by atoms with van der Waals surface area (Å²) in [7, 11) is -3.56. The highest BCUT2D eigenvalue weighted by Crippen LogP contribution is 2.27. The fraction of sp³-hybridized carbons (Fsp3) is 0.462. The summed E-state index contributed by atoms with van der Waals surface area (Å²) in [5.74, 6) is -0.230. The molecule has 8 nitrogen and oxygen atoms in total. The predicted molar refractivity (Wildman–Crippen MR) is 132 cm³/mol. The lowest BCUT2D eigenvalue weighted by Crippen LogP contribution is -2.53. The van der Waals surface area contributed by atoms with E-state index in [-0.39, 0.29) is 12.6 Å². The Labute approximate surface area is 206 Å². The highest BCUT2D eigenvalue weighted by Gasteiger charge is 2.48. The third-order valence-corrected chi connectivity index (χ3v) is 9.38. The van der Waals surface area contributed by atoms with Crippen molar-refractivity contribution in [3.63, 3.8) is 0 Å². The number of benzene rings is 2. The third-order valence-electron chi connectivity index (χ3n) is 7.48. The van der Waals surface area contributed by atoms with Crippen LogP contribution in [0.1, 0.15) is 36.5 Å². The monoisotopic (exact) mass is 496 g/mol. The quantitative estimate of drug-likeness (QED) is 0.595. The van der Waals surface area contributed by atoms with Gasteiger partial charge in [-0.2, -0.15) is 4.31 Å². The first-order valence-corrected chi connectivity index (χ1v) is 13.7. The summed E-state index contributed by atoms with van der Waals surface area (Å²) >= 11 is 0. The SMILES string of the molecule is C[C@@]1(CCc2ccccc2)NC(=O)N(CN2CCN(S(=O)(=O)c3ccc4c(c3)CCC4)CC2)C1=O. The Hall–Kier alpha value is -2.75. The molecule has 2 aromatic rings. The van der Waals surface area contributed by atoms with Gasteiger partial charge in [0.05, 0.1) is 11.6 Å². The van der Waals surface area contributed by atoms with Crippen LogP contribution < -0.4 is 5.32 Å². The highest BCUT2D eigenvalue weighted by atomic mass is 32.2. The summed E-state index contributed by atoms with van der Waals surface area (Å²) in [4.78, 5) is 29.4. The second kappa shape index (κ2) is 9.37. The molecule has 1 N–H and O–H groups in total. The summed E-state index contributed by atoms with van der Waals surface area (Å²) in [5, 5.41) is 2.87. The summed E-state index contributed by atoms with van der Waals surface area (Å²) < 4.78 is 27.9. The summed E-state index contributed by atoms with van der Waals surface area (Å²) in [6, 6.07) is 15.0. The standard InChI is InChI=1S/C26H32N4O4S/c1-26(13-12-20-6-3-2-4-7-20)24(31)30(25(32)27-26)19-28-14-16-29(17-15-28)35(33,34)23-11-10-21-8-5-9-22(21)18-23/h2-4,6-7,10-11,18H,5,8-9,12-17,19H2,1H3,(H,27,32)/t26-/m0/s1. The molecule has 0 radical (unpaired) electrons. The summed E-state index contributed by atoms with van der Waals surface area (Å²) in [6.45, 7) is 3.52. The molecule has 9 heteroatoms. The van der Waals surface area contributed by atoms with Gasteiger partial charge < -0.3 is 5.32 Å². The van der Waals surface area contributed by atoms with Crippen LogP contribution in [0.15, 0.2) is 53.4 Å². The Morgan fingerprint density at radius 3 is 2.40 bits per heavy atom. The number of hydrogen-bond donors (Lipinski definition) is 1. The molecule has 0 bridgehead atoms. The minimum atomic E-state index is -3.56. The van der Waals surface area contributed by atoms with E-state index in [2.05, 4.69) is 5.32 Å². The number of urea groups is 1. The molecule has 1 atom stereocenters. The number of rotatable bonds is 7. The molecule has 2 heterocycles. The van der Waals surface area contributed by atoms with Gasteiger partial charge in [-0.3, -0.25) is 9.69 Å². The number of carbonyl (C=O) groups excluding carboxylic acids is 2. The van der Waals surface area contributed by atoms with Gasteiger partial charge in [0.15, 0.2) is 0 Å². The number of sulfonamides is 1. The number of piperazine rings is 1. The van der Waals surface area contributed by atoms with Gasteiger partial charge in [-0.05, 0) is 67.9 Å². The van der Waals surface area contributed by atoms with Gasteiger partial charge in [-0.15, -0.1) is 0 Å². The Kier molecular flexibility index (Phi) is 6.41. The molecule has 1 aliphatic carbocycles. The topological polar surface area (TPSA) is 90.0 Å². The van der Waals surface area contributed by atoms with Gasteiger partial charge in [0, 0.05) is 26.2 Å². The van der Waals surface area contributed by atoms with Crippen molar-refractivity contribution in [1.82, 2.24) is 19.4 Å². The van der Waals surface area contributed by atoms with E-state index in [1.54, 1.807) is 13.0 Å². The first kappa shape index (κ1) is 24.0. The molecule has 0 saturated carbocycles. The second-order valence-corrected chi connectivity index (χ2v) is 11.9. The van der Waals surface area contributed by atoms with Gasteiger partial charge in [0.1, 0.15) is 5.54 Å². The van der Waals surface area contributed by atoms with Crippen LogP contribution in [0.25, 0.3) is 0 Å². The molecule has 2 aliphatic heterocycles. The Morgan fingerprint density at radius 1 is 0.943 bits per heavy atom. The number of aryl methyl sites for hydroxylation is 3. The average Bonchev–Trinajstić information content (AvgIpc) is 3.42. The van der Waals surface area contributed by atoms with Crippen molar-refractivity contribution in [2.24, 2.45) is 0 Å². The van der Waals surface area contributed by atoms with Crippen molar-refractivity contribution in [3.05, 3.63) is 65.2 Å². The molecule has 186 valence electrons. The molecule has 2 aromatic carbocycles. The van der Waals surface area contributed by atoms with E-state index in [1.165, 1.54) is 14.8 Å². The van der Waals surface area contributed by atoms with Crippen LogP contribution >= 0.6 is 0 Å². The van der Waals surface area contributed by atoms with E-state index in [4.69, 9.17) is 0 Å². The number of amides is 3. The van der Waals surface area contributed by atoms with Gasteiger partial charge in [-0.1, -0.05) is 36.4 Å². The zero-order valence-corrected chi connectivity index (χ0v) is 20.9. The van der Waals surface area contributed by atoms with Crippen LogP contribution in [0.5, 0.6) is 0 Å². The molecule has 2 fully saturated rings. The molecular formula is C26H32N4O4S. The van der Waals surface area contributed by atoms with E-state index < -0.39 is 21.6 Å². The van der Waals surface area contributed by atoms with Crippen molar-refractivity contribution in [1.29, 1.82) is 0 Å². The number of nitrogens with one attached hydrogen (secondary N) is 1. The van der Waals surface area contributed by atoms with Crippen molar-refractivity contribution >= 4 is 22.0 Å². The molecule has 2 saturated heterocycles. The van der Waals surface area contributed by atoms with Crippen molar-refractivity contribution in [2.45, 2.75) is 49.5 Å². The van der Waals surface area contributed by atoms with Crippen molar-refractivity contribution in [3.8, 4) is 0 Å². The molecule has 35 heavy (non-hydrogen) atoms. The van der Waals surface area contributed by atoms with Crippen LogP contribution in [-0.2, 0) is 34.1 Å². The van der Waals surface area contributed by atoms with E-state index in [0.29, 0.717) is 43.9 Å². The molecule has 5 rings (SSSR count). The Morgan fingerprint density at radius 2 is 1.66 bits per heavy atom. The fourth-order valence-electron chi connectivity index (χ4n) is 5.25. The minimum absolute atomic E-state index is 0.165. The van der Waals surface area contributed by atoms with Crippen molar-refractivity contribution in [2.75, 3.05) is 32.8 Å². The number of fused-ring (bicyclic) bond motifs is 1. The van der Waals surface area contributed by atoms with Crippen molar-refractivity contribution < 1.29 is 18.0 Å². The zero-order chi connectivity index (χ0) is 24.6. The van der Waals surface area contributed by atoms with Crippen LogP contribution in [0.2, 0.25) is 0 Å². The van der Waals surface area contributed by atoms with Crippen LogP contribution in [0, 0.1) is 0 Å². The smallest absolute Gasteiger partial charge is 0.323 e. The van der Waals surface area contributed by atoms with Crippen LogP contribution in [-0.4, -0.2) is 72.8 Å². The molecular weight excluding hydrogens is 464 g/mol. The molecule has 0 unspecified atom stereocenters. The molecule has 3 amide bonds. The normalized spacial score (nSPS) is 23.5. The maximum atomic E-state index is 13.2. The van der Waals surface area contributed by atoms with E-state index in [9.17, 15) is 18.0 Å². The molecule has 0 spiro atoms. The summed E-state index contributed by atoms with van der Waals surface area (Å²) in [5.41, 5.74) is 2.57. The van der Waals surface area contributed by atoms with Crippen LogP contribution in [0.3, 0.4) is 0 Å². The van der Waals surface area contributed by atoms with Gasteiger partial charge in [0.2, 0.25) is 10.0 Å². The van der Waals surface area contributed by atoms with Gasteiger partial charge in [0.25, 0.3) is 5.91 Å². The first-order valence-electron chi connectivity index (χ1n) is 12.3. The lowest BCUT2D eigenvalue weighted by Gasteiger charge is -2.35. The Bertz CT molecular complexity index is 1230. The van der Waals surface area contributed by atoms with E-state index in [1.807, 2.05) is 47.4 Å². The molecule has 0 aromatic heterocycles. The summed E-state index contributed by atoms with van der Waals surface area (Å²) in [6.07, 6.45) is 4.23. The first-order chi connectivity index (χ1) is 16.8. The highest BCUT2D eigenvalue weighted by molar-refractivity contribution is 7.89. The lowest BCUT2D eigenvalue weighted by atomic mass is 9.93. The van der Waals surface area contributed by atoms with E-state index in [0.717, 1.165) is 30.4 Å². The maximum absolute atomic E-state index is 13.2.